The van der Waals surface area contributed by atoms with Gasteiger partial charge in [-0.3, -0.25) is 4.79 Å². The molecular weight excluding hydrogens is 356 g/mol. The molecular formula is C23H24O5. The number of benzene rings is 2. The number of phenols is 3. The van der Waals surface area contributed by atoms with Crippen LogP contribution in [0.15, 0.2) is 48.6 Å². The van der Waals surface area contributed by atoms with Crippen LogP contribution >= 0.6 is 0 Å². The first kappa shape index (κ1) is 19.5. The molecule has 1 unspecified atom stereocenters. The van der Waals surface area contributed by atoms with Crippen molar-refractivity contribution in [1.82, 2.24) is 0 Å². The highest BCUT2D eigenvalue weighted by atomic mass is 16.5. The van der Waals surface area contributed by atoms with Crippen molar-refractivity contribution in [3.05, 3.63) is 70.8 Å². The lowest BCUT2D eigenvalue weighted by atomic mass is 9.91. The number of carbonyl (C=O) groups excluding carboxylic acids is 1. The summed E-state index contributed by atoms with van der Waals surface area (Å²) in [6, 6.07) is 6.11. The SMILES string of the molecule is C=CCc1cc(C2CC(=O)c3c(O)cc(O)cc3O2)cc(CC=C(C)C)c1O. The first-order valence-electron chi connectivity index (χ1n) is 9.15. The van der Waals surface area contributed by atoms with E-state index in [1.807, 2.05) is 32.1 Å². The van der Waals surface area contributed by atoms with Crippen LogP contribution in [0, 0.1) is 0 Å². The molecule has 0 saturated heterocycles. The lowest BCUT2D eigenvalue weighted by Gasteiger charge is -2.27. The number of fused-ring (bicyclic) bond motifs is 1. The van der Waals surface area contributed by atoms with E-state index in [1.165, 1.54) is 6.07 Å². The van der Waals surface area contributed by atoms with Gasteiger partial charge in [0.1, 0.15) is 34.7 Å². The Bertz CT molecular complexity index is 967. The fraction of sp³-hybridized carbons (Fsp3) is 0.261. The van der Waals surface area contributed by atoms with Gasteiger partial charge in [0.05, 0.1) is 6.42 Å². The van der Waals surface area contributed by atoms with Crippen LogP contribution in [0.3, 0.4) is 0 Å². The molecule has 0 aliphatic carbocycles. The van der Waals surface area contributed by atoms with Crippen LogP contribution in [-0.2, 0) is 12.8 Å². The van der Waals surface area contributed by atoms with Crippen molar-refractivity contribution in [3.63, 3.8) is 0 Å². The number of rotatable bonds is 5. The Labute approximate surface area is 164 Å². The van der Waals surface area contributed by atoms with E-state index >= 15 is 0 Å². The van der Waals surface area contributed by atoms with Gasteiger partial charge < -0.3 is 20.1 Å². The maximum atomic E-state index is 12.6. The van der Waals surface area contributed by atoms with E-state index in [0.29, 0.717) is 18.4 Å². The highest BCUT2D eigenvalue weighted by Crippen LogP contribution is 2.42. The molecule has 2 aromatic rings. The molecule has 1 heterocycles. The van der Waals surface area contributed by atoms with Crippen molar-refractivity contribution in [1.29, 1.82) is 0 Å². The summed E-state index contributed by atoms with van der Waals surface area (Å²) in [6.07, 6.45) is 4.27. The molecule has 0 spiro atoms. The zero-order chi connectivity index (χ0) is 20.4. The number of allylic oxidation sites excluding steroid dienone is 3. The van der Waals surface area contributed by atoms with Crippen molar-refractivity contribution < 1.29 is 24.9 Å². The molecule has 1 aliphatic heterocycles. The number of ether oxygens (including phenoxy) is 1. The lowest BCUT2D eigenvalue weighted by molar-refractivity contribution is 0.0844. The summed E-state index contributed by atoms with van der Waals surface area (Å²) in [5.41, 5.74) is 3.44. The Morgan fingerprint density at radius 2 is 1.82 bits per heavy atom. The van der Waals surface area contributed by atoms with E-state index in [0.717, 1.165) is 22.8 Å². The van der Waals surface area contributed by atoms with Gasteiger partial charge >= 0.3 is 0 Å². The van der Waals surface area contributed by atoms with E-state index < -0.39 is 6.10 Å². The van der Waals surface area contributed by atoms with E-state index in [2.05, 4.69) is 6.58 Å². The van der Waals surface area contributed by atoms with Crippen molar-refractivity contribution >= 4 is 5.78 Å². The van der Waals surface area contributed by atoms with Crippen molar-refractivity contribution in [2.75, 3.05) is 0 Å². The summed E-state index contributed by atoms with van der Waals surface area (Å²) in [6.45, 7) is 7.72. The van der Waals surface area contributed by atoms with Crippen LogP contribution in [-0.4, -0.2) is 21.1 Å². The molecule has 0 bridgehead atoms. The second kappa shape index (κ2) is 7.80. The topological polar surface area (TPSA) is 87.0 Å². The monoisotopic (exact) mass is 380 g/mol. The number of ketones is 1. The number of Topliss-reactive ketones (excluding diaryl/α,β-unsaturated/α-hetero) is 1. The Kier molecular flexibility index (Phi) is 5.45. The largest absolute Gasteiger partial charge is 0.508 e. The average molecular weight is 380 g/mol. The minimum absolute atomic E-state index is 0.0612. The van der Waals surface area contributed by atoms with Gasteiger partial charge in [-0.1, -0.05) is 17.7 Å². The number of hydrogen-bond acceptors (Lipinski definition) is 5. The van der Waals surface area contributed by atoms with Gasteiger partial charge in [-0.05, 0) is 55.5 Å². The summed E-state index contributed by atoms with van der Waals surface area (Å²) in [5.74, 6) is -0.345. The fourth-order valence-corrected chi connectivity index (χ4v) is 3.36. The Hall–Kier alpha value is -3.21. The minimum atomic E-state index is -0.573. The molecule has 0 fully saturated rings. The molecule has 28 heavy (non-hydrogen) atoms. The van der Waals surface area contributed by atoms with Gasteiger partial charge in [-0.15, -0.1) is 6.58 Å². The maximum absolute atomic E-state index is 12.6. The van der Waals surface area contributed by atoms with Gasteiger partial charge in [0.2, 0.25) is 0 Å². The summed E-state index contributed by atoms with van der Waals surface area (Å²) in [5, 5.41) is 30.3. The normalized spacial score (nSPS) is 15.5. The molecule has 1 aliphatic rings. The summed E-state index contributed by atoms with van der Waals surface area (Å²) >= 11 is 0. The van der Waals surface area contributed by atoms with Gasteiger partial charge in [-0.2, -0.15) is 0 Å². The average Bonchev–Trinajstić information content (AvgIpc) is 2.61. The second-order valence-electron chi connectivity index (χ2n) is 7.24. The van der Waals surface area contributed by atoms with Crippen molar-refractivity contribution in [2.24, 2.45) is 0 Å². The van der Waals surface area contributed by atoms with Crippen LogP contribution in [0.2, 0.25) is 0 Å². The Morgan fingerprint density at radius 1 is 1.14 bits per heavy atom. The predicted octanol–water partition coefficient (Wildman–Crippen LogP) is 4.75. The molecule has 0 aromatic heterocycles. The summed E-state index contributed by atoms with van der Waals surface area (Å²) < 4.78 is 5.94. The van der Waals surface area contributed by atoms with Crippen LogP contribution in [0.1, 0.15) is 53.4 Å². The van der Waals surface area contributed by atoms with E-state index in [-0.39, 0.29) is 40.8 Å². The van der Waals surface area contributed by atoms with Gasteiger partial charge in [-0.25, -0.2) is 0 Å². The molecule has 3 N–H and O–H groups in total. The predicted molar refractivity (Wildman–Crippen MR) is 107 cm³/mol. The third-order valence-corrected chi connectivity index (χ3v) is 4.74. The molecule has 146 valence electrons. The summed E-state index contributed by atoms with van der Waals surface area (Å²) in [7, 11) is 0. The Morgan fingerprint density at radius 3 is 2.46 bits per heavy atom. The number of aromatic hydroxyl groups is 3. The molecule has 0 radical (unpaired) electrons. The number of phenolic OH excluding ortho intramolecular Hbond substituents is 3. The first-order valence-corrected chi connectivity index (χ1v) is 9.15. The van der Waals surface area contributed by atoms with E-state index in [4.69, 9.17) is 4.74 Å². The van der Waals surface area contributed by atoms with Gasteiger partial charge in [0, 0.05) is 12.1 Å². The van der Waals surface area contributed by atoms with Crippen molar-refractivity contribution in [3.8, 4) is 23.0 Å². The molecule has 5 heteroatoms. The van der Waals surface area contributed by atoms with Crippen LogP contribution < -0.4 is 4.74 Å². The zero-order valence-electron chi connectivity index (χ0n) is 16.0. The van der Waals surface area contributed by atoms with Gasteiger partial charge in [0.25, 0.3) is 0 Å². The Balaban J connectivity index is 2.04. The number of carbonyl (C=O) groups is 1. The van der Waals surface area contributed by atoms with Crippen molar-refractivity contribution in [2.45, 2.75) is 39.2 Å². The molecule has 2 aromatic carbocycles. The van der Waals surface area contributed by atoms with E-state index in [1.54, 1.807) is 6.08 Å². The highest BCUT2D eigenvalue weighted by Gasteiger charge is 2.31. The third-order valence-electron chi connectivity index (χ3n) is 4.74. The second-order valence-corrected chi connectivity index (χ2v) is 7.24. The minimum Gasteiger partial charge on any atom is -0.508 e. The highest BCUT2D eigenvalue weighted by molar-refractivity contribution is 6.02. The molecule has 1 atom stereocenters. The fourth-order valence-electron chi connectivity index (χ4n) is 3.36. The molecule has 5 nitrogen and oxygen atoms in total. The molecule has 0 amide bonds. The number of hydrogen-bond donors (Lipinski definition) is 3. The van der Waals surface area contributed by atoms with Gasteiger partial charge in [0.15, 0.2) is 5.78 Å². The standard InChI is InChI=1S/C23H24O5/c1-4-5-14-8-16(9-15(23(14)27)7-6-13(2)3)20-12-19(26)22-18(25)10-17(24)11-21(22)28-20/h4,6,8-11,20,24-25,27H,1,5,7,12H2,2-3H3. The first-order chi connectivity index (χ1) is 13.3. The summed E-state index contributed by atoms with van der Waals surface area (Å²) in [4.78, 5) is 12.6. The zero-order valence-corrected chi connectivity index (χ0v) is 16.0. The molecule has 3 rings (SSSR count). The van der Waals surface area contributed by atoms with Crippen LogP contribution in [0.4, 0.5) is 0 Å². The maximum Gasteiger partial charge on any atom is 0.174 e. The third kappa shape index (κ3) is 3.88. The smallest absolute Gasteiger partial charge is 0.174 e. The lowest BCUT2D eigenvalue weighted by Crippen LogP contribution is -2.21. The molecule has 0 saturated carbocycles. The quantitative estimate of drug-likeness (QED) is 0.652. The van der Waals surface area contributed by atoms with Crippen LogP contribution in [0.25, 0.3) is 0 Å². The van der Waals surface area contributed by atoms with E-state index in [9.17, 15) is 20.1 Å². The van der Waals surface area contributed by atoms with Crippen LogP contribution in [0.5, 0.6) is 23.0 Å².